The molecule has 4 nitrogen and oxygen atoms in total. The number of fused-ring (bicyclic) bond motifs is 3. The SMILES string of the molecule is CN1C(c2cc3ccccc3s2)=NO[C@]12CN1CCC2CC1. The maximum Gasteiger partial charge on any atom is 0.226 e. The predicted octanol–water partition coefficient (Wildman–Crippen LogP) is 2.95. The van der Waals surface area contributed by atoms with Crippen LogP contribution in [0.2, 0.25) is 0 Å². The molecule has 2 aromatic rings. The van der Waals surface area contributed by atoms with Crippen molar-refractivity contribution in [1.29, 1.82) is 0 Å². The van der Waals surface area contributed by atoms with Crippen molar-refractivity contribution in [2.75, 3.05) is 26.7 Å². The summed E-state index contributed by atoms with van der Waals surface area (Å²) >= 11 is 1.80. The number of amidine groups is 1. The first-order valence-corrected chi connectivity index (χ1v) is 8.79. The average molecular weight is 313 g/mol. The van der Waals surface area contributed by atoms with Crippen molar-refractivity contribution in [3.05, 3.63) is 35.2 Å². The van der Waals surface area contributed by atoms with Gasteiger partial charge in [-0.25, -0.2) is 0 Å². The molecular weight excluding hydrogens is 294 g/mol. The van der Waals surface area contributed by atoms with Crippen molar-refractivity contribution in [1.82, 2.24) is 9.80 Å². The summed E-state index contributed by atoms with van der Waals surface area (Å²) in [6, 6.07) is 10.7. The number of benzene rings is 1. The number of hydrogen-bond donors (Lipinski definition) is 0. The van der Waals surface area contributed by atoms with Crippen LogP contribution >= 0.6 is 11.3 Å². The largest absolute Gasteiger partial charge is 0.363 e. The molecule has 1 spiro atoms. The Labute approximate surface area is 134 Å². The van der Waals surface area contributed by atoms with Gasteiger partial charge >= 0.3 is 0 Å². The zero-order chi connectivity index (χ0) is 14.7. The third kappa shape index (κ3) is 1.64. The predicted molar refractivity (Wildman–Crippen MR) is 89.1 cm³/mol. The number of likely N-dealkylation sites (N-methyl/N-ethyl adjacent to an activating group) is 1. The van der Waals surface area contributed by atoms with Gasteiger partial charge in [-0.3, -0.25) is 4.90 Å². The van der Waals surface area contributed by atoms with Crippen LogP contribution in [0.1, 0.15) is 17.7 Å². The highest BCUT2D eigenvalue weighted by molar-refractivity contribution is 7.20. The second kappa shape index (κ2) is 4.46. The zero-order valence-electron chi connectivity index (χ0n) is 12.7. The lowest BCUT2D eigenvalue weighted by molar-refractivity contribution is -0.190. The van der Waals surface area contributed by atoms with Gasteiger partial charge in [-0.15, -0.1) is 11.3 Å². The summed E-state index contributed by atoms with van der Waals surface area (Å²) in [5.41, 5.74) is -0.234. The maximum atomic E-state index is 6.07. The van der Waals surface area contributed by atoms with Crippen molar-refractivity contribution in [2.45, 2.75) is 18.6 Å². The fourth-order valence-corrected chi connectivity index (χ4v) is 5.28. The first-order valence-electron chi connectivity index (χ1n) is 7.98. The van der Waals surface area contributed by atoms with Gasteiger partial charge in [-0.1, -0.05) is 23.4 Å². The molecule has 22 heavy (non-hydrogen) atoms. The molecule has 0 amide bonds. The molecule has 5 heterocycles. The first-order chi connectivity index (χ1) is 10.8. The van der Waals surface area contributed by atoms with Crippen LogP contribution in [-0.4, -0.2) is 48.0 Å². The van der Waals surface area contributed by atoms with E-state index < -0.39 is 0 Å². The van der Waals surface area contributed by atoms with E-state index in [4.69, 9.17) is 4.84 Å². The quantitative estimate of drug-likeness (QED) is 0.810. The molecule has 1 aromatic heterocycles. The topological polar surface area (TPSA) is 28.1 Å². The van der Waals surface area contributed by atoms with Crippen molar-refractivity contribution in [3.63, 3.8) is 0 Å². The molecule has 114 valence electrons. The molecule has 0 unspecified atom stereocenters. The number of hydrogen-bond acceptors (Lipinski definition) is 5. The Morgan fingerprint density at radius 2 is 2.09 bits per heavy atom. The van der Waals surface area contributed by atoms with Gasteiger partial charge < -0.3 is 9.74 Å². The van der Waals surface area contributed by atoms with Crippen molar-refractivity contribution < 1.29 is 4.84 Å². The summed E-state index contributed by atoms with van der Waals surface area (Å²) in [4.78, 5) is 12.1. The minimum absolute atomic E-state index is 0.234. The van der Waals surface area contributed by atoms with E-state index in [-0.39, 0.29) is 5.72 Å². The minimum atomic E-state index is -0.234. The molecule has 1 atom stereocenters. The van der Waals surface area contributed by atoms with Gasteiger partial charge in [0.2, 0.25) is 5.72 Å². The molecule has 4 aliphatic rings. The standard InChI is InChI=1S/C17H19N3OS/c1-19-16(15-10-12-4-2-3-5-14(12)22-15)18-21-17(19)11-20-8-6-13(17)7-9-20/h2-5,10,13H,6-9,11H2,1H3/t17-/m0/s1. The lowest BCUT2D eigenvalue weighted by Gasteiger charge is -2.52. The number of thiophene rings is 1. The Bertz CT molecular complexity index is 729. The molecule has 3 saturated heterocycles. The van der Waals surface area contributed by atoms with E-state index in [1.54, 1.807) is 11.3 Å². The van der Waals surface area contributed by atoms with Gasteiger partial charge in [0.05, 0.1) is 11.4 Å². The molecule has 0 saturated carbocycles. The summed E-state index contributed by atoms with van der Waals surface area (Å²) in [5, 5.41) is 5.79. The number of piperidine rings is 3. The van der Waals surface area contributed by atoms with Crippen LogP contribution in [0.15, 0.2) is 35.5 Å². The fraction of sp³-hybridized carbons (Fsp3) is 0.471. The Morgan fingerprint density at radius 3 is 2.82 bits per heavy atom. The molecular formula is C17H19N3OS. The highest BCUT2D eigenvalue weighted by Gasteiger charge is 2.56. The molecule has 0 N–H and O–H groups in total. The van der Waals surface area contributed by atoms with E-state index in [2.05, 4.69) is 52.3 Å². The van der Waals surface area contributed by atoms with Crippen molar-refractivity contribution in [2.24, 2.45) is 11.1 Å². The van der Waals surface area contributed by atoms with E-state index in [0.717, 1.165) is 12.4 Å². The van der Waals surface area contributed by atoms with Crippen LogP contribution in [0.3, 0.4) is 0 Å². The van der Waals surface area contributed by atoms with Crippen LogP contribution in [0, 0.1) is 5.92 Å². The van der Waals surface area contributed by atoms with Gasteiger partial charge in [0.15, 0.2) is 5.84 Å². The monoisotopic (exact) mass is 313 g/mol. The second-order valence-electron chi connectivity index (χ2n) is 6.61. The van der Waals surface area contributed by atoms with Crippen LogP contribution < -0.4 is 0 Å². The van der Waals surface area contributed by atoms with E-state index in [0.29, 0.717) is 5.92 Å². The highest BCUT2D eigenvalue weighted by Crippen LogP contribution is 2.44. The van der Waals surface area contributed by atoms with Crippen LogP contribution in [-0.2, 0) is 4.84 Å². The molecule has 0 radical (unpaired) electrons. The third-order valence-corrected chi connectivity index (χ3v) is 6.61. The molecule has 6 rings (SSSR count). The van der Waals surface area contributed by atoms with Crippen molar-refractivity contribution in [3.8, 4) is 0 Å². The van der Waals surface area contributed by atoms with Gasteiger partial charge in [-0.2, -0.15) is 0 Å². The molecule has 5 heteroatoms. The van der Waals surface area contributed by atoms with Crippen LogP contribution in [0.5, 0.6) is 0 Å². The van der Waals surface area contributed by atoms with Gasteiger partial charge in [0.1, 0.15) is 0 Å². The van der Waals surface area contributed by atoms with Crippen LogP contribution in [0.25, 0.3) is 10.1 Å². The lowest BCUT2D eigenvalue weighted by Crippen LogP contribution is -2.65. The fourth-order valence-electron chi connectivity index (χ4n) is 4.20. The van der Waals surface area contributed by atoms with Gasteiger partial charge in [0, 0.05) is 17.7 Å². The average Bonchev–Trinajstić information content (AvgIpc) is 3.11. The zero-order valence-corrected chi connectivity index (χ0v) is 13.5. The van der Waals surface area contributed by atoms with E-state index in [9.17, 15) is 0 Å². The Hall–Kier alpha value is -1.59. The molecule has 3 fully saturated rings. The number of nitrogens with zero attached hydrogens (tertiary/aromatic N) is 3. The Kier molecular flexibility index (Phi) is 2.62. The van der Waals surface area contributed by atoms with Crippen molar-refractivity contribution >= 4 is 27.3 Å². The molecule has 4 aliphatic heterocycles. The molecule has 0 aliphatic carbocycles. The number of oxime groups is 1. The van der Waals surface area contributed by atoms with E-state index in [1.165, 1.54) is 40.9 Å². The van der Waals surface area contributed by atoms with Crippen LogP contribution in [0.4, 0.5) is 0 Å². The lowest BCUT2D eigenvalue weighted by atomic mass is 9.80. The first kappa shape index (κ1) is 12.9. The van der Waals surface area contributed by atoms with Gasteiger partial charge in [0.25, 0.3) is 0 Å². The second-order valence-corrected chi connectivity index (χ2v) is 7.69. The third-order valence-electron chi connectivity index (χ3n) is 5.50. The summed E-state index contributed by atoms with van der Waals surface area (Å²) in [7, 11) is 2.15. The maximum absolute atomic E-state index is 6.07. The highest BCUT2D eigenvalue weighted by atomic mass is 32.1. The van der Waals surface area contributed by atoms with E-state index >= 15 is 0 Å². The smallest absolute Gasteiger partial charge is 0.226 e. The molecule has 1 aromatic carbocycles. The minimum Gasteiger partial charge on any atom is -0.363 e. The Morgan fingerprint density at radius 1 is 1.27 bits per heavy atom. The summed E-state index contributed by atoms with van der Waals surface area (Å²) < 4.78 is 1.31. The Balaban J connectivity index is 1.52. The summed E-state index contributed by atoms with van der Waals surface area (Å²) in [5.74, 6) is 1.59. The van der Waals surface area contributed by atoms with Gasteiger partial charge in [-0.05, 0) is 43.5 Å². The summed E-state index contributed by atoms with van der Waals surface area (Å²) in [6.07, 6.45) is 2.44. The van der Waals surface area contributed by atoms with E-state index in [1.807, 2.05) is 0 Å². The molecule has 2 bridgehead atoms. The summed E-state index contributed by atoms with van der Waals surface area (Å²) in [6.45, 7) is 3.40. The number of rotatable bonds is 1. The normalized spacial score (nSPS) is 33.5.